The quantitative estimate of drug-likeness (QED) is 0.909. The molecule has 0 aromatic carbocycles. The van der Waals surface area contributed by atoms with Gasteiger partial charge in [-0.15, -0.1) is 22.7 Å². The van der Waals surface area contributed by atoms with Crippen LogP contribution in [0.25, 0.3) is 10.7 Å². The smallest absolute Gasteiger partial charge is 0.143 e. The molecule has 16 heavy (non-hydrogen) atoms. The highest BCUT2D eigenvalue weighted by Gasteiger charge is 2.22. The standard InChI is InChI=1S/C11H15N3S2/c1-4-13-11(2,3)9-6-16-10(14-9)8-5-15-7-12-8/h5-7,13H,4H2,1-3H3. The summed E-state index contributed by atoms with van der Waals surface area (Å²) in [5, 5.41) is 8.56. The lowest BCUT2D eigenvalue weighted by atomic mass is 10.0. The van der Waals surface area contributed by atoms with Crippen LogP contribution >= 0.6 is 22.7 Å². The van der Waals surface area contributed by atoms with Crippen molar-refractivity contribution in [2.75, 3.05) is 6.54 Å². The minimum Gasteiger partial charge on any atom is -0.307 e. The van der Waals surface area contributed by atoms with Crippen LogP contribution in [-0.2, 0) is 5.54 Å². The number of aromatic nitrogens is 2. The molecule has 0 saturated carbocycles. The average molecular weight is 253 g/mol. The molecule has 0 aliphatic carbocycles. The Morgan fingerprint density at radius 1 is 1.38 bits per heavy atom. The summed E-state index contributed by atoms with van der Waals surface area (Å²) in [6, 6.07) is 0. The van der Waals surface area contributed by atoms with Crippen LogP contribution in [0.15, 0.2) is 16.3 Å². The molecule has 0 aliphatic rings. The Kier molecular flexibility index (Phi) is 3.37. The molecule has 0 atom stereocenters. The van der Waals surface area contributed by atoms with Crippen molar-refractivity contribution in [1.82, 2.24) is 15.3 Å². The first-order valence-electron chi connectivity index (χ1n) is 5.23. The lowest BCUT2D eigenvalue weighted by molar-refractivity contribution is 0.406. The topological polar surface area (TPSA) is 37.8 Å². The molecule has 0 spiro atoms. The average Bonchev–Trinajstić information content (AvgIpc) is 2.89. The van der Waals surface area contributed by atoms with Crippen molar-refractivity contribution in [3.05, 3.63) is 22.0 Å². The molecule has 2 heterocycles. The second kappa shape index (κ2) is 4.61. The van der Waals surface area contributed by atoms with Gasteiger partial charge in [0, 0.05) is 10.8 Å². The lowest BCUT2D eigenvalue weighted by Gasteiger charge is -2.23. The van der Waals surface area contributed by atoms with Gasteiger partial charge in [-0.05, 0) is 20.4 Å². The number of rotatable bonds is 4. The number of hydrogen-bond donors (Lipinski definition) is 1. The van der Waals surface area contributed by atoms with Crippen molar-refractivity contribution in [2.45, 2.75) is 26.3 Å². The normalized spacial score (nSPS) is 11.9. The Hall–Kier alpha value is -0.780. The van der Waals surface area contributed by atoms with Crippen LogP contribution in [-0.4, -0.2) is 16.5 Å². The molecule has 0 unspecified atom stereocenters. The first-order valence-corrected chi connectivity index (χ1v) is 7.05. The van der Waals surface area contributed by atoms with E-state index in [0.29, 0.717) is 0 Å². The van der Waals surface area contributed by atoms with Crippen LogP contribution < -0.4 is 5.32 Å². The minimum absolute atomic E-state index is 0.0699. The molecule has 0 aliphatic heterocycles. The highest BCUT2D eigenvalue weighted by atomic mass is 32.1. The molecule has 0 fully saturated rings. The predicted octanol–water partition coefficient (Wildman–Crippen LogP) is 3.11. The Morgan fingerprint density at radius 3 is 2.81 bits per heavy atom. The van der Waals surface area contributed by atoms with Crippen molar-refractivity contribution in [1.29, 1.82) is 0 Å². The largest absolute Gasteiger partial charge is 0.307 e. The van der Waals surface area contributed by atoms with E-state index in [4.69, 9.17) is 0 Å². The van der Waals surface area contributed by atoms with Crippen LogP contribution in [0.1, 0.15) is 26.5 Å². The fraction of sp³-hybridized carbons (Fsp3) is 0.455. The summed E-state index contributed by atoms with van der Waals surface area (Å²) in [4.78, 5) is 8.92. The summed E-state index contributed by atoms with van der Waals surface area (Å²) in [7, 11) is 0. The molecule has 1 N–H and O–H groups in total. The third-order valence-electron chi connectivity index (χ3n) is 2.41. The van der Waals surface area contributed by atoms with Crippen LogP contribution in [0.3, 0.4) is 0 Å². The first-order chi connectivity index (χ1) is 7.63. The van der Waals surface area contributed by atoms with Crippen LogP contribution in [0.2, 0.25) is 0 Å². The highest BCUT2D eigenvalue weighted by Crippen LogP contribution is 2.28. The zero-order chi connectivity index (χ0) is 11.6. The van der Waals surface area contributed by atoms with Gasteiger partial charge in [-0.1, -0.05) is 6.92 Å². The zero-order valence-electron chi connectivity index (χ0n) is 9.65. The van der Waals surface area contributed by atoms with Gasteiger partial charge in [-0.25, -0.2) is 9.97 Å². The lowest BCUT2D eigenvalue weighted by Crippen LogP contribution is -2.36. The highest BCUT2D eigenvalue weighted by molar-refractivity contribution is 7.13. The van der Waals surface area contributed by atoms with Gasteiger partial charge in [-0.3, -0.25) is 0 Å². The van der Waals surface area contributed by atoms with E-state index in [2.05, 4.69) is 41.4 Å². The molecule has 86 valence electrons. The number of nitrogens with one attached hydrogen (secondary N) is 1. The molecule has 5 heteroatoms. The molecular weight excluding hydrogens is 238 g/mol. The van der Waals surface area contributed by atoms with Gasteiger partial charge >= 0.3 is 0 Å². The number of hydrogen-bond acceptors (Lipinski definition) is 5. The first kappa shape index (κ1) is 11.7. The van der Waals surface area contributed by atoms with Gasteiger partial charge in [0.1, 0.15) is 10.7 Å². The Bertz CT molecular complexity index is 446. The Morgan fingerprint density at radius 2 is 2.19 bits per heavy atom. The van der Waals surface area contributed by atoms with Gasteiger partial charge in [0.05, 0.1) is 16.7 Å². The van der Waals surface area contributed by atoms with Crippen molar-refractivity contribution in [3.8, 4) is 10.7 Å². The van der Waals surface area contributed by atoms with Crippen molar-refractivity contribution >= 4 is 22.7 Å². The van der Waals surface area contributed by atoms with Crippen molar-refractivity contribution in [2.24, 2.45) is 0 Å². The van der Waals surface area contributed by atoms with E-state index in [9.17, 15) is 0 Å². The van der Waals surface area contributed by atoms with Gasteiger partial charge in [0.25, 0.3) is 0 Å². The van der Waals surface area contributed by atoms with E-state index in [1.54, 1.807) is 22.7 Å². The van der Waals surface area contributed by atoms with Crippen molar-refractivity contribution < 1.29 is 0 Å². The van der Waals surface area contributed by atoms with E-state index in [1.165, 1.54) is 0 Å². The van der Waals surface area contributed by atoms with Gasteiger partial charge in [0.2, 0.25) is 0 Å². The second-order valence-electron chi connectivity index (χ2n) is 4.07. The maximum absolute atomic E-state index is 4.64. The summed E-state index contributed by atoms with van der Waals surface area (Å²) >= 11 is 3.25. The maximum Gasteiger partial charge on any atom is 0.143 e. The van der Waals surface area contributed by atoms with E-state index in [0.717, 1.165) is 22.9 Å². The Balaban J connectivity index is 2.26. The molecule has 0 radical (unpaired) electrons. The van der Waals surface area contributed by atoms with Crippen LogP contribution in [0.4, 0.5) is 0 Å². The summed E-state index contributed by atoms with van der Waals surface area (Å²) < 4.78 is 0. The summed E-state index contributed by atoms with van der Waals surface area (Å²) in [6.07, 6.45) is 0. The maximum atomic E-state index is 4.64. The Labute approximate surface area is 104 Å². The molecule has 2 aromatic heterocycles. The third-order valence-corrected chi connectivity index (χ3v) is 3.87. The molecule has 3 nitrogen and oxygen atoms in total. The minimum atomic E-state index is -0.0699. The van der Waals surface area contributed by atoms with Crippen LogP contribution in [0, 0.1) is 0 Å². The van der Waals surface area contributed by atoms with Crippen molar-refractivity contribution in [3.63, 3.8) is 0 Å². The number of thiazole rings is 2. The van der Waals surface area contributed by atoms with Gasteiger partial charge in [-0.2, -0.15) is 0 Å². The SMILES string of the molecule is CCNC(C)(C)c1csc(-c2cscn2)n1. The molecule has 0 amide bonds. The van der Waals surface area contributed by atoms with Gasteiger partial charge in [0.15, 0.2) is 0 Å². The fourth-order valence-corrected chi connectivity index (χ4v) is 3.09. The van der Waals surface area contributed by atoms with Gasteiger partial charge < -0.3 is 5.32 Å². The third kappa shape index (κ3) is 2.31. The summed E-state index contributed by atoms with van der Waals surface area (Å²) in [5.41, 5.74) is 3.83. The van der Waals surface area contributed by atoms with Crippen LogP contribution in [0.5, 0.6) is 0 Å². The summed E-state index contributed by atoms with van der Waals surface area (Å²) in [5.74, 6) is 0. The summed E-state index contributed by atoms with van der Waals surface area (Å²) in [6.45, 7) is 7.35. The predicted molar refractivity (Wildman–Crippen MR) is 69.9 cm³/mol. The number of nitrogens with zero attached hydrogens (tertiary/aromatic N) is 2. The molecular formula is C11H15N3S2. The van der Waals surface area contributed by atoms with E-state index >= 15 is 0 Å². The molecule has 2 rings (SSSR count). The zero-order valence-corrected chi connectivity index (χ0v) is 11.3. The fourth-order valence-electron chi connectivity index (χ4n) is 1.53. The second-order valence-corrected chi connectivity index (χ2v) is 5.64. The van der Waals surface area contributed by atoms with E-state index in [-0.39, 0.29) is 5.54 Å². The molecule has 0 saturated heterocycles. The molecule has 0 bridgehead atoms. The molecule has 2 aromatic rings. The van der Waals surface area contributed by atoms with E-state index in [1.807, 2.05) is 10.9 Å². The van der Waals surface area contributed by atoms with E-state index < -0.39 is 0 Å². The monoisotopic (exact) mass is 253 g/mol.